The molecule has 1 heterocycles. The Bertz CT molecular complexity index is 586. The number of halogens is 2. The molecular weight excluding hydrogens is 281 g/mol. The predicted molar refractivity (Wildman–Crippen MR) is 78.3 cm³/mol. The number of nitrogens with one attached hydrogen (secondary N) is 1. The molecule has 0 amide bonds. The number of benzene rings is 1. The molecule has 4 nitrogen and oxygen atoms in total. The number of aromatic nitrogens is 2. The second kappa shape index (κ2) is 6.72. The first-order chi connectivity index (χ1) is 9.61. The van der Waals surface area contributed by atoms with Crippen LogP contribution >= 0.6 is 11.6 Å². The molecule has 6 heteroatoms. The first kappa shape index (κ1) is 14.8. The molecule has 1 aromatic carbocycles. The Morgan fingerprint density at radius 2 is 2.25 bits per heavy atom. The maximum atomic E-state index is 14.0. The first-order valence-electron chi connectivity index (χ1n) is 6.36. The fourth-order valence-corrected chi connectivity index (χ4v) is 2.06. The smallest absolute Gasteiger partial charge is 0.207 e. The van der Waals surface area contributed by atoms with Crippen molar-refractivity contribution in [2.24, 2.45) is 0 Å². The van der Waals surface area contributed by atoms with Crippen LogP contribution in [0.2, 0.25) is 5.02 Å². The summed E-state index contributed by atoms with van der Waals surface area (Å²) >= 11 is 5.77. The molecule has 0 unspecified atom stereocenters. The molecule has 0 spiro atoms. The van der Waals surface area contributed by atoms with E-state index in [1.54, 1.807) is 30.0 Å². The average molecular weight is 298 g/mol. The van der Waals surface area contributed by atoms with Gasteiger partial charge in [-0.25, -0.2) is 9.37 Å². The van der Waals surface area contributed by atoms with Crippen LogP contribution < -0.4 is 5.32 Å². The quantitative estimate of drug-likeness (QED) is 0.830. The van der Waals surface area contributed by atoms with Crippen LogP contribution in [0.1, 0.15) is 12.1 Å². The van der Waals surface area contributed by atoms with E-state index in [2.05, 4.69) is 10.3 Å². The molecule has 108 valence electrons. The Labute approximate surface area is 122 Å². The van der Waals surface area contributed by atoms with Gasteiger partial charge in [0.1, 0.15) is 5.82 Å². The zero-order valence-corrected chi connectivity index (χ0v) is 12.2. The lowest BCUT2D eigenvalue weighted by Gasteiger charge is -2.10. The van der Waals surface area contributed by atoms with Gasteiger partial charge in [0.25, 0.3) is 0 Å². The molecule has 2 aromatic rings. The fourth-order valence-electron chi connectivity index (χ4n) is 1.90. The Kier molecular flexibility index (Phi) is 4.98. The van der Waals surface area contributed by atoms with E-state index in [0.29, 0.717) is 29.8 Å². The van der Waals surface area contributed by atoms with E-state index in [9.17, 15) is 4.39 Å². The third-order valence-corrected chi connectivity index (χ3v) is 3.04. The van der Waals surface area contributed by atoms with Crippen molar-refractivity contribution in [2.75, 3.05) is 25.6 Å². The molecule has 0 aliphatic carbocycles. The summed E-state index contributed by atoms with van der Waals surface area (Å²) in [5.74, 6) is 0.231. The molecular formula is C14H17ClFN3O. The molecule has 2 rings (SSSR count). The van der Waals surface area contributed by atoms with E-state index in [1.807, 2.05) is 6.92 Å². The number of hydrogen-bond acceptors (Lipinski definition) is 3. The minimum absolute atomic E-state index is 0.373. The number of methoxy groups -OCH3 is 1. The van der Waals surface area contributed by atoms with E-state index in [1.165, 1.54) is 6.07 Å². The van der Waals surface area contributed by atoms with E-state index in [-0.39, 0.29) is 5.82 Å². The Morgan fingerprint density at radius 3 is 2.95 bits per heavy atom. The van der Waals surface area contributed by atoms with E-state index >= 15 is 0 Å². The average Bonchev–Trinajstić information content (AvgIpc) is 2.76. The largest absolute Gasteiger partial charge is 0.385 e. The van der Waals surface area contributed by atoms with Crippen LogP contribution in [0.15, 0.2) is 24.4 Å². The van der Waals surface area contributed by atoms with Gasteiger partial charge in [-0.2, -0.15) is 0 Å². The van der Waals surface area contributed by atoms with Gasteiger partial charge >= 0.3 is 0 Å². The van der Waals surface area contributed by atoms with Crippen LogP contribution in [0.3, 0.4) is 0 Å². The number of nitrogens with zero attached hydrogens (tertiary/aromatic N) is 2. The van der Waals surface area contributed by atoms with Crippen LogP contribution in [-0.4, -0.2) is 29.8 Å². The summed E-state index contributed by atoms with van der Waals surface area (Å²) in [5, 5.41) is 3.55. The van der Waals surface area contributed by atoms with Crippen molar-refractivity contribution in [1.29, 1.82) is 0 Å². The highest BCUT2D eigenvalue weighted by Gasteiger charge is 2.11. The van der Waals surface area contributed by atoms with Crippen molar-refractivity contribution in [2.45, 2.75) is 13.3 Å². The molecule has 0 bridgehead atoms. The maximum absolute atomic E-state index is 14.0. The van der Waals surface area contributed by atoms with Crippen molar-refractivity contribution in [3.8, 4) is 5.69 Å². The maximum Gasteiger partial charge on any atom is 0.207 e. The highest BCUT2D eigenvalue weighted by atomic mass is 35.5. The topological polar surface area (TPSA) is 39.1 Å². The molecule has 0 saturated heterocycles. The fraction of sp³-hybridized carbons (Fsp3) is 0.357. The monoisotopic (exact) mass is 297 g/mol. The summed E-state index contributed by atoms with van der Waals surface area (Å²) < 4.78 is 20.7. The summed E-state index contributed by atoms with van der Waals surface area (Å²) in [6.45, 7) is 3.24. The normalized spacial score (nSPS) is 10.8. The van der Waals surface area contributed by atoms with E-state index in [4.69, 9.17) is 16.3 Å². The molecule has 0 radical (unpaired) electrons. The lowest BCUT2D eigenvalue weighted by Crippen LogP contribution is -2.10. The molecule has 0 fully saturated rings. The standard InChI is InChI=1S/C14H17ClFN3O/c1-10-9-19(13-5-4-11(15)8-12(13)16)14(18-10)17-6-3-7-20-2/h4-5,8-9H,3,6-7H2,1-2H3,(H,17,18). The summed E-state index contributed by atoms with van der Waals surface area (Å²) in [7, 11) is 1.66. The summed E-state index contributed by atoms with van der Waals surface area (Å²) in [5.41, 5.74) is 1.23. The first-order valence-corrected chi connectivity index (χ1v) is 6.74. The molecule has 0 aliphatic heterocycles. The molecule has 1 N–H and O–H groups in total. The Balaban J connectivity index is 2.22. The summed E-state index contributed by atoms with van der Waals surface area (Å²) in [6, 6.07) is 4.59. The van der Waals surface area contributed by atoms with Gasteiger partial charge in [0.15, 0.2) is 0 Å². The zero-order valence-electron chi connectivity index (χ0n) is 11.5. The number of hydrogen-bond donors (Lipinski definition) is 1. The van der Waals surface area contributed by atoms with Gasteiger partial charge in [0.2, 0.25) is 5.95 Å². The minimum atomic E-state index is -0.380. The molecule has 0 saturated carbocycles. The summed E-state index contributed by atoms with van der Waals surface area (Å²) in [4.78, 5) is 4.36. The Morgan fingerprint density at radius 1 is 1.45 bits per heavy atom. The van der Waals surface area contributed by atoms with Crippen molar-refractivity contribution < 1.29 is 9.13 Å². The van der Waals surface area contributed by atoms with Gasteiger partial charge in [-0.3, -0.25) is 4.57 Å². The number of aryl methyl sites for hydroxylation is 1. The SMILES string of the molecule is COCCCNc1nc(C)cn1-c1ccc(Cl)cc1F. The van der Waals surface area contributed by atoms with Gasteiger partial charge in [0, 0.05) is 31.5 Å². The van der Waals surface area contributed by atoms with Crippen LogP contribution in [0.5, 0.6) is 0 Å². The summed E-state index contributed by atoms with van der Waals surface area (Å²) in [6.07, 6.45) is 2.64. The van der Waals surface area contributed by atoms with E-state index in [0.717, 1.165) is 12.1 Å². The lowest BCUT2D eigenvalue weighted by molar-refractivity contribution is 0.197. The van der Waals surface area contributed by atoms with Crippen molar-refractivity contribution >= 4 is 17.5 Å². The highest BCUT2D eigenvalue weighted by molar-refractivity contribution is 6.30. The van der Waals surface area contributed by atoms with Gasteiger partial charge in [-0.05, 0) is 31.5 Å². The van der Waals surface area contributed by atoms with Crippen molar-refractivity contribution in [3.05, 3.63) is 40.9 Å². The van der Waals surface area contributed by atoms with Crippen molar-refractivity contribution in [3.63, 3.8) is 0 Å². The highest BCUT2D eigenvalue weighted by Crippen LogP contribution is 2.22. The molecule has 20 heavy (non-hydrogen) atoms. The number of rotatable bonds is 6. The molecule has 0 aliphatic rings. The predicted octanol–water partition coefficient (Wildman–Crippen LogP) is 3.42. The number of ether oxygens (including phenoxy) is 1. The second-order valence-electron chi connectivity index (χ2n) is 4.44. The van der Waals surface area contributed by atoms with Crippen LogP contribution in [-0.2, 0) is 4.74 Å². The third-order valence-electron chi connectivity index (χ3n) is 2.80. The Hall–Kier alpha value is -1.59. The van der Waals surface area contributed by atoms with Gasteiger partial charge in [0.05, 0.1) is 11.4 Å². The van der Waals surface area contributed by atoms with Crippen LogP contribution in [0, 0.1) is 12.7 Å². The molecule has 1 aromatic heterocycles. The number of anilines is 1. The van der Waals surface area contributed by atoms with E-state index < -0.39 is 0 Å². The minimum Gasteiger partial charge on any atom is -0.385 e. The second-order valence-corrected chi connectivity index (χ2v) is 4.88. The van der Waals surface area contributed by atoms with Gasteiger partial charge < -0.3 is 10.1 Å². The lowest BCUT2D eigenvalue weighted by atomic mass is 10.3. The van der Waals surface area contributed by atoms with Crippen LogP contribution in [0.25, 0.3) is 5.69 Å². The third kappa shape index (κ3) is 3.49. The van der Waals surface area contributed by atoms with Crippen LogP contribution in [0.4, 0.5) is 10.3 Å². The van der Waals surface area contributed by atoms with Gasteiger partial charge in [-0.15, -0.1) is 0 Å². The van der Waals surface area contributed by atoms with Crippen molar-refractivity contribution in [1.82, 2.24) is 9.55 Å². The number of imidazole rings is 1. The molecule has 0 atom stereocenters. The van der Waals surface area contributed by atoms with Gasteiger partial charge in [-0.1, -0.05) is 11.6 Å². The zero-order chi connectivity index (χ0) is 14.5.